The molecule has 2 N–H and O–H groups in total. The van der Waals surface area contributed by atoms with Gasteiger partial charge in [-0.2, -0.15) is 0 Å². The number of thioether (sulfide) groups is 1. The molecule has 4 aromatic rings. The molecule has 0 atom stereocenters. The minimum Gasteiger partial charge on any atom is -0.493 e. The van der Waals surface area contributed by atoms with Gasteiger partial charge in [0.15, 0.2) is 16.7 Å². The van der Waals surface area contributed by atoms with Crippen molar-refractivity contribution < 1.29 is 14.3 Å². The molecular formula is C27H29N3O4S2. The molecule has 2 aromatic heterocycles. The highest BCUT2D eigenvalue weighted by Gasteiger charge is 2.14. The first-order chi connectivity index (χ1) is 17.4. The van der Waals surface area contributed by atoms with E-state index in [1.165, 1.54) is 28.7 Å². The second-order valence-electron chi connectivity index (χ2n) is 8.56. The second kappa shape index (κ2) is 11.6. The van der Waals surface area contributed by atoms with Gasteiger partial charge in [0.1, 0.15) is 4.83 Å². The number of aromatic nitrogens is 2. The number of carbonyl (C=O) groups is 1. The zero-order chi connectivity index (χ0) is 25.7. The third-order valence-electron chi connectivity index (χ3n) is 5.83. The van der Waals surface area contributed by atoms with Gasteiger partial charge in [-0.3, -0.25) is 9.59 Å². The fourth-order valence-electron chi connectivity index (χ4n) is 3.82. The van der Waals surface area contributed by atoms with Gasteiger partial charge in [0, 0.05) is 17.5 Å². The maximum atomic E-state index is 12.9. The van der Waals surface area contributed by atoms with Gasteiger partial charge in [0.25, 0.3) is 5.56 Å². The molecule has 0 radical (unpaired) electrons. The zero-order valence-electron chi connectivity index (χ0n) is 20.7. The number of H-pyrrole nitrogens is 1. The fraction of sp³-hybridized carbons (Fsp3) is 0.296. The molecule has 1 amide bonds. The molecule has 2 aromatic carbocycles. The Balaban J connectivity index is 1.35. The van der Waals surface area contributed by atoms with E-state index >= 15 is 0 Å². The van der Waals surface area contributed by atoms with E-state index in [0.717, 1.165) is 16.7 Å². The number of carbonyl (C=O) groups excluding carboxylic acids is 1. The number of methoxy groups -OCH3 is 2. The number of fused-ring (bicyclic) bond motifs is 1. The van der Waals surface area contributed by atoms with E-state index in [-0.39, 0.29) is 17.2 Å². The topological polar surface area (TPSA) is 93.3 Å². The van der Waals surface area contributed by atoms with Crippen LogP contribution in [0.5, 0.6) is 11.5 Å². The Labute approximate surface area is 218 Å². The van der Waals surface area contributed by atoms with Crippen LogP contribution in [-0.4, -0.2) is 42.4 Å². The minimum atomic E-state index is -0.194. The number of nitrogens with zero attached hydrogens (tertiary/aromatic N) is 1. The van der Waals surface area contributed by atoms with Crippen molar-refractivity contribution in [2.75, 3.05) is 26.5 Å². The monoisotopic (exact) mass is 523 g/mol. The number of benzene rings is 2. The maximum absolute atomic E-state index is 12.9. The summed E-state index contributed by atoms with van der Waals surface area (Å²) in [7, 11) is 3.19. The van der Waals surface area contributed by atoms with Gasteiger partial charge in [-0.1, -0.05) is 55.9 Å². The number of hydrogen-bond acceptors (Lipinski definition) is 7. The van der Waals surface area contributed by atoms with Crippen LogP contribution in [0.1, 0.15) is 30.9 Å². The largest absolute Gasteiger partial charge is 0.493 e. The lowest BCUT2D eigenvalue weighted by Crippen LogP contribution is -2.27. The summed E-state index contributed by atoms with van der Waals surface area (Å²) in [4.78, 5) is 33.3. The molecule has 188 valence electrons. The lowest BCUT2D eigenvalue weighted by atomic mass is 9.99. The van der Waals surface area contributed by atoms with Crippen LogP contribution in [0.25, 0.3) is 21.3 Å². The van der Waals surface area contributed by atoms with Gasteiger partial charge >= 0.3 is 0 Å². The quantitative estimate of drug-likeness (QED) is 0.218. The number of amides is 1. The minimum absolute atomic E-state index is 0.125. The van der Waals surface area contributed by atoms with E-state index in [4.69, 9.17) is 9.47 Å². The number of ether oxygens (including phenoxy) is 2. The highest BCUT2D eigenvalue weighted by Crippen LogP contribution is 2.32. The molecule has 2 heterocycles. The molecule has 0 spiro atoms. The first-order valence-electron chi connectivity index (χ1n) is 11.6. The summed E-state index contributed by atoms with van der Waals surface area (Å²) in [6.07, 6.45) is 0.661. The summed E-state index contributed by atoms with van der Waals surface area (Å²) in [6.45, 7) is 4.80. The smallest absolute Gasteiger partial charge is 0.260 e. The molecule has 0 aliphatic rings. The fourth-order valence-corrected chi connectivity index (χ4v) is 5.52. The zero-order valence-corrected chi connectivity index (χ0v) is 22.3. The molecule has 0 saturated carbocycles. The predicted octanol–water partition coefficient (Wildman–Crippen LogP) is 5.24. The van der Waals surface area contributed by atoms with Crippen molar-refractivity contribution in [3.05, 3.63) is 69.3 Å². The molecule has 7 nitrogen and oxygen atoms in total. The van der Waals surface area contributed by atoms with Gasteiger partial charge in [-0.05, 0) is 41.2 Å². The SMILES string of the molecule is COc1ccc(CCNC(=O)CSc2nc3scc(-c4ccc(C(C)C)cc4)c3c(=O)[nH]2)cc1OC. The van der Waals surface area contributed by atoms with Crippen molar-refractivity contribution in [3.63, 3.8) is 0 Å². The van der Waals surface area contributed by atoms with Crippen LogP contribution in [0.2, 0.25) is 0 Å². The Morgan fingerprint density at radius 3 is 2.56 bits per heavy atom. The van der Waals surface area contributed by atoms with Gasteiger partial charge < -0.3 is 19.8 Å². The lowest BCUT2D eigenvalue weighted by molar-refractivity contribution is -0.118. The first-order valence-corrected chi connectivity index (χ1v) is 13.5. The van der Waals surface area contributed by atoms with Crippen molar-refractivity contribution in [3.8, 4) is 22.6 Å². The van der Waals surface area contributed by atoms with Crippen LogP contribution in [0.15, 0.2) is 57.8 Å². The number of hydrogen-bond donors (Lipinski definition) is 2. The average molecular weight is 524 g/mol. The van der Waals surface area contributed by atoms with Crippen molar-refractivity contribution in [1.82, 2.24) is 15.3 Å². The normalized spacial score (nSPS) is 11.1. The first kappa shape index (κ1) is 25.8. The van der Waals surface area contributed by atoms with E-state index < -0.39 is 0 Å². The summed E-state index contributed by atoms with van der Waals surface area (Å²) < 4.78 is 10.6. The predicted molar refractivity (Wildman–Crippen MR) is 147 cm³/mol. The van der Waals surface area contributed by atoms with Crippen molar-refractivity contribution in [2.45, 2.75) is 31.3 Å². The summed E-state index contributed by atoms with van der Waals surface area (Å²) in [5.74, 6) is 1.81. The Morgan fingerprint density at radius 2 is 1.86 bits per heavy atom. The molecule has 0 aliphatic heterocycles. The van der Waals surface area contributed by atoms with Crippen LogP contribution in [0, 0.1) is 0 Å². The van der Waals surface area contributed by atoms with Gasteiger partial charge in [-0.15, -0.1) is 11.3 Å². The Bertz CT molecular complexity index is 1410. The Hall–Kier alpha value is -3.30. The Morgan fingerprint density at radius 1 is 1.11 bits per heavy atom. The number of thiophene rings is 1. The molecule has 0 fully saturated rings. The molecule has 0 aliphatic carbocycles. The number of nitrogens with one attached hydrogen (secondary N) is 2. The van der Waals surface area contributed by atoms with Crippen LogP contribution in [0.3, 0.4) is 0 Å². The van der Waals surface area contributed by atoms with Crippen molar-refractivity contribution in [2.24, 2.45) is 0 Å². The number of aromatic amines is 1. The molecule has 0 unspecified atom stereocenters. The Kier molecular flexibility index (Phi) is 8.32. The van der Waals surface area contributed by atoms with Crippen LogP contribution < -0.4 is 20.3 Å². The number of rotatable bonds is 10. The molecule has 36 heavy (non-hydrogen) atoms. The van der Waals surface area contributed by atoms with Crippen molar-refractivity contribution in [1.29, 1.82) is 0 Å². The third-order valence-corrected chi connectivity index (χ3v) is 7.58. The lowest BCUT2D eigenvalue weighted by Gasteiger charge is -2.10. The molecule has 0 bridgehead atoms. The van der Waals surface area contributed by atoms with Gasteiger partial charge in [0.2, 0.25) is 5.91 Å². The van der Waals surface area contributed by atoms with Crippen LogP contribution in [-0.2, 0) is 11.2 Å². The molecule has 9 heteroatoms. The third kappa shape index (κ3) is 5.91. The van der Waals surface area contributed by atoms with E-state index in [2.05, 4.69) is 41.3 Å². The molecule has 4 rings (SSSR count). The van der Waals surface area contributed by atoms with E-state index in [1.807, 2.05) is 35.7 Å². The van der Waals surface area contributed by atoms with E-state index in [1.54, 1.807) is 14.2 Å². The van der Waals surface area contributed by atoms with Gasteiger partial charge in [-0.25, -0.2) is 4.98 Å². The summed E-state index contributed by atoms with van der Waals surface area (Å²) in [5.41, 5.74) is 3.96. The molecular weight excluding hydrogens is 494 g/mol. The summed E-state index contributed by atoms with van der Waals surface area (Å²) >= 11 is 2.65. The standard InChI is InChI=1S/C27H29N3O4S2/c1-16(2)18-6-8-19(9-7-18)20-14-35-26-24(20)25(32)29-27(30-26)36-15-23(31)28-12-11-17-5-10-21(33-3)22(13-17)34-4/h5-10,13-14,16H,11-12,15H2,1-4H3,(H,28,31)(H,29,30,32). The van der Waals surface area contributed by atoms with E-state index in [0.29, 0.717) is 45.8 Å². The summed E-state index contributed by atoms with van der Waals surface area (Å²) in [6, 6.07) is 14.0. The van der Waals surface area contributed by atoms with Crippen molar-refractivity contribution >= 4 is 39.2 Å². The van der Waals surface area contributed by atoms with Crippen LogP contribution in [0.4, 0.5) is 0 Å². The highest BCUT2D eigenvalue weighted by atomic mass is 32.2. The summed E-state index contributed by atoms with van der Waals surface area (Å²) in [5, 5.41) is 5.89. The van der Waals surface area contributed by atoms with Crippen LogP contribution >= 0.6 is 23.1 Å². The maximum Gasteiger partial charge on any atom is 0.260 e. The van der Waals surface area contributed by atoms with E-state index in [9.17, 15) is 9.59 Å². The highest BCUT2D eigenvalue weighted by molar-refractivity contribution is 7.99. The second-order valence-corrected chi connectivity index (χ2v) is 10.4. The average Bonchev–Trinajstić information content (AvgIpc) is 3.32. The van der Waals surface area contributed by atoms with Gasteiger partial charge in [0.05, 0.1) is 25.4 Å². The molecule has 0 saturated heterocycles.